The Morgan fingerprint density at radius 3 is 0.594 bits per heavy atom. The lowest BCUT2D eigenvalue weighted by Gasteiger charge is -1.92. The second-order valence-corrected chi connectivity index (χ2v) is 12.8. The van der Waals surface area contributed by atoms with Crippen LogP contribution in [-0.4, -0.2) is 43.9 Å². The molecule has 0 fully saturated rings. The monoisotopic (exact) mass is 885 g/mol. The van der Waals surface area contributed by atoms with Gasteiger partial charge in [0, 0.05) is 13.2 Å². The summed E-state index contributed by atoms with van der Waals surface area (Å²) < 4.78 is 4.98. The van der Waals surface area contributed by atoms with Gasteiger partial charge >= 0.3 is 0 Å². The van der Waals surface area contributed by atoms with Gasteiger partial charge in [0.05, 0.1) is 34.1 Å². The minimum Gasteiger partial charge on any atom is -0.506 e. The van der Waals surface area contributed by atoms with Crippen LogP contribution in [0.2, 0.25) is 0 Å². The molecule has 6 aromatic rings. The van der Waals surface area contributed by atoms with Crippen molar-refractivity contribution in [2.45, 2.75) is 73.6 Å². The highest BCUT2D eigenvalue weighted by atomic mass is 16.5. The van der Waals surface area contributed by atoms with Crippen LogP contribution in [0.25, 0.3) is 0 Å². The molecule has 0 amide bonds. The number of hydrogen-bond donors (Lipinski definition) is 12. The zero-order chi connectivity index (χ0) is 49.0. The maximum absolute atomic E-state index is 8.79. The SMILES string of the molecule is CC/C=C/CC.CCCC.CCCOCC.Nc1ccccc1O.Nc1ccccc1O.Nc1ccccc1O.Nc1ccccc1O.Nc1ccccc1O.Nc1ccccc1O. The molecule has 64 heavy (non-hydrogen) atoms. The average Bonchev–Trinajstić information content (AvgIpc) is 3.30. The molecule has 13 nitrogen and oxygen atoms in total. The Bertz CT molecular complexity index is 1540. The Balaban J connectivity index is -0.000000659. The summed E-state index contributed by atoms with van der Waals surface area (Å²) in [4.78, 5) is 0. The van der Waals surface area contributed by atoms with Crippen molar-refractivity contribution in [3.63, 3.8) is 0 Å². The summed E-state index contributed by atoms with van der Waals surface area (Å²) in [5.74, 6) is 0.875. The third-order valence-corrected chi connectivity index (χ3v) is 7.31. The quantitative estimate of drug-likeness (QED) is 0.0321. The maximum Gasteiger partial charge on any atom is 0.138 e. The number of rotatable bonds is 6. The molecule has 0 aliphatic carbocycles. The van der Waals surface area contributed by atoms with E-state index >= 15 is 0 Å². The molecular formula is C51H76N6O7. The highest BCUT2D eigenvalue weighted by Crippen LogP contribution is 2.19. The van der Waals surface area contributed by atoms with Crippen molar-refractivity contribution in [2.24, 2.45) is 0 Å². The number of para-hydroxylation sites is 12. The molecule has 0 atom stereocenters. The number of unbranched alkanes of at least 4 members (excludes halogenated alkanes) is 1. The number of benzene rings is 6. The van der Waals surface area contributed by atoms with Gasteiger partial charge in [0.1, 0.15) is 34.5 Å². The number of ether oxygens (including phenoxy) is 1. The van der Waals surface area contributed by atoms with E-state index in [0.717, 1.165) is 19.6 Å². The Kier molecular flexibility index (Phi) is 40.3. The molecule has 0 heterocycles. The summed E-state index contributed by atoms with van der Waals surface area (Å²) in [6, 6.07) is 40.2. The number of nitrogens with two attached hydrogens (primary N) is 6. The lowest BCUT2D eigenvalue weighted by Crippen LogP contribution is -1.88. The van der Waals surface area contributed by atoms with Crippen LogP contribution in [0.15, 0.2) is 158 Å². The fourth-order valence-corrected chi connectivity index (χ4v) is 3.55. The van der Waals surface area contributed by atoms with Crippen LogP contribution in [0.5, 0.6) is 34.5 Å². The van der Waals surface area contributed by atoms with Crippen molar-refractivity contribution >= 4 is 34.1 Å². The molecule has 18 N–H and O–H groups in total. The first-order valence-electron chi connectivity index (χ1n) is 21.0. The van der Waals surface area contributed by atoms with Gasteiger partial charge in [0.25, 0.3) is 0 Å². The van der Waals surface area contributed by atoms with Crippen molar-refractivity contribution in [3.05, 3.63) is 158 Å². The predicted molar refractivity (Wildman–Crippen MR) is 272 cm³/mol. The third kappa shape index (κ3) is 36.5. The zero-order valence-electron chi connectivity index (χ0n) is 38.5. The fraction of sp³-hybridized carbons (Fsp3) is 0.255. The van der Waals surface area contributed by atoms with E-state index < -0.39 is 0 Å². The minimum atomic E-state index is 0.146. The third-order valence-electron chi connectivity index (χ3n) is 7.31. The minimum absolute atomic E-state index is 0.146. The highest BCUT2D eigenvalue weighted by Gasteiger charge is 1.91. The lowest BCUT2D eigenvalue weighted by atomic mass is 10.3. The first-order chi connectivity index (χ1) is 30.6. The van der Waals surface area contributed by atoms with Gasteiger partial charge in [0.15, 0.2) is 0 Å². The van der Waals surface area contributed by atoms with Crippen LogP contribution in [0, 0.1) is 0 Å². The van der Waals surface area contributed by atoms with Crippen molar-refractivity contribution in [1.82, 2.24) is 0 Å². The molecule has 6 aromatic carbocycles. The second-order valence-electron chi connectivity index (χ2n) is 12.8. The molecular weight excluding hydrogens is 809 g/mol. The molecule has 0 aliphatic rings. The fourth-order valence-electron chi connectivity index (χ4n) is 3.55. The van der Waals surface area contributed by atoms with E-state index in [4.69, 9.17) is 69.8 Å². The number of nitrogen functional groups attached to an aromatic ring is 6. The van der Waals surface area contributed by atoms with E-state index in [1.54, 1.807) is 146 Å². The predicted octanol–water partition coefficient (Wildman–Crippen LogP) is 11.4. The van der Waals surface area contributed by atoms with Gasteiger partial charge in [-0.3, -0.25) is 0 Å². The molecule has 0 saturated carbocycles. The van der Waals surface area contributed by atoms with Crippen LogP contribution in [0.3, 0.4) is 0 Å². The first-order valence-corrected chi connectivity index (χ1v) is 21.0. The van der Waals surface area contributed by atoms with Gasteiger partial charge in [0.2, 0.25) is 0 Å². The molecule has 0 unspecified atom stereocenters. The summed E-state index contributed by atoms with van der Waals surface area (Å²) >= 11 is 0. The maximum atomic E-state index is 8.79. The van der Waals surface area contributed by atoms with Crippen molar-refractivity contribution in [2.75, 3.05) is 47.6 Å². The van der Waals surface area contributed by atoms with Gasteiger partial charge in [-0.05, 0) is 99.0 Å². The van der Waals surface area contributed by atoms with Gasteiger partial charge in [-0.2, -0.15) is 0 Å². The van der Waals surface area contributed by atoms with E-state index in [2.05, 4.69) is 46.8 Å². The number of phenolic OH excluding ortho intramolecular Hbond substituents is 6. The standard InChI is InChI=1S/6C6H7NO.C6H12.C5H12O.C4H10/c6*7-5-3-1-2-4-6(5)8;2*1-3-5-6-4-2;1-3-4-2/h6*1-4,8H,7H2;5-6H,3-4H2,1-2H3;3-5H2,1-2H3;3-4H2,1-2H3/b;;;;;;6-5+;;. The number of aromatic hydroxyl groups is 6. The summed E-state index contributed by atoms with van der Waals surface area (Å²) in [7, 11) is 0. The van der Waals surface area contributed by atoms with Crippen LogP contribution < -0.4 is 34.4 Å². The molecule has 0 spiro atoms. The molecule has 352 valence electrons. The van der Waals surface area contributed by atoms with Gasteiger partial charge in [-0.15, -0.1) is 0 Å². The van der Waals surface area contributed by atoms with E-state index in [-0.39, 0.29) is 34.5 Å². The Morgan fingerprint density at radius 2 is 0.516 bits per heavy atom. The van der Waals surface area contributed by atoms with E-state index in [1.165, 1.54) is 25.7 Å². The molecule has 6 rings (SSSR count). The van der Waals surface area contributed by atoms with Crippen LogP contribution in [0.1, 0.15) is 73.6 Å². The Morgan fingerprint density at radius 1 is 0.328 bits per heavy atom. The largest absolute Gasteiger partial charge is 0.506 e. The topological polar surface area (TPSA) is 287 Å². The van der Waals surface area contributed by atoms with Crippen LogP contribution in [-0.2, 0) is 4.74 Å². The highest BCUT2D eigenvalue weighted by molar-refractivity contribution is 5.53. The van der Waals surface area contributed by atoms with Gasteiger partial charge in [-0.1, -0.05) is 132 Å². The number of hydrogen-bond acceptors (Lipinski definition) is 13. The Hall–Kier alpha value is -7.38. The average molecular weight is 885 g/mol. The lowest BCUT2D eigenvalue weighted by molar-refractivity contribution is 0.148. The van der Waals surface area contributed by atoms with E-state index in [9.17, 15) is 0 Å². The first kappa shape index (κ1) is 60.9. The number of allylic oxidation sites excluding steroid dienone is 2. The summed E-state index contributed by atoms with van der Waals surface area (Å²) in [6.07, 6.45) is 10.5. The van der Waals surface area contributed by atoms with Crippen molar-refractivity contribution < 1.29 is 35.4 Å². The van der Waals surface area contributed by atoms with E-state index in [1.807, 2.05) is 6.92 Å². The van der Waals surface area contributed by atoms with Crippen molar-refractivity contribution in [3.8, 4) is 34.5 Å². The smallest absolute Gasteiger partial charge is 0.138 e. The van der Waals surface area contributed by atoms with Crippen molar-refractivity contribution in [1.29, 1.82) is 0 Å². The normalized spacial score (nSPS) is 9.03. The molecule has 0 saturated heterocycles. The van der Waals surface area contributed by atoms with Gasteiger partial charge < -0.3 is 69.8 Å². The molecule has 13 heteroatoms. The molecule has 0 radical (unpaired) electrons. The van der Waals surface area contributed by atoms with E-state index in [0.29, 0.717) is 34.1 Å². The number of anilines is 6. The molecule has 0 bridgehead atoms. The Labute approximate surface area is 381 Å². The summed E-state index contributed by atoms with van der Waals surface area (Å²) in [5.41, 5.74) is 34.2. The number of phenols is 6. The zero-order valence-corrected chi connectivity index (χ0v) is 38.5. The summed E-state index contributed by atoms with van der Waals surface area (Å²) in [6.45, 7) is 14.5. The summed E-state index contributed by atoms with van der Waals surface area (Å²) in [5, 5.41) is 52.8. The second kappa shape index (κ2) is 42.3. The van der Waals surface area contributed by atoms with Crippen LogP contribution >= 0.6 is 0 Å². The van der Waals surface area contributed by atoms with Gasteiger partial charge in [-0.25, -0.2) is 0 Å². The molecule has 0 aromatic heterocycles. The molecule has 0 aliphatic heterocycles. The van der Waals surface area contributed by atoms with Crippen LogP contribution in [0.4, 0.5) is 34.1 Å².